The molecule has 0 radical (unpaired) electrons. The third-order valence-corrected chi connectivity index (χ3v) is 7.54. The van der Waals surface area contributed by atoms with Gasteiger partial charge in [-0.2, -0.15) is 0 Å². The predicted octanol–water partition coefficient (Wildman–Crippen LogP) is 6.98. The van der Waals surface area contributed by atoms with E-state index in [2.05, 4.69) is 94.5 Å². The summed E-state index contributed by atoms with van der Waals surface area (Å²) in [6, 6.07) is 23.9. The lowest BCUT2D eigenvalue weighted by Crippen LogP contribution is -2.28. The first-order valence-corrected chi connectivity index (χ1v) is 13.0. The molecule has 2 aromatic heterocycles. The van der Waals surface area contributed by atoms with Crippen molar-refractivity contribution >= 4 is 40.4 Å². The van der Waals surface area contributed by atoms with Crippen molar-refractivity contribution in [3.8, 4) is 0 Å². The smallest absolute Gasteiger partial charge is 0.323 e. The van der Waals surface area contributed by atoms with Crippen LogP contribution in [0.25, 0.3) is 0 Å². The van der Waals surface area contributed by atoms with Crippen molar-refractivity contribution in [3.63, 3.8) is 0 Å². The molecule has 0 atom stereocenters. The summed E-state index contributed by atoms with van der Waals surface area (Å²) in [6.07, 6.45) is 3.52. The van der Waals surface area contributed by atoms with Crippen molar-refractivity contribution in [2.45, 2.75) is 38.5 Å². The van der Waals surface area contributed by atoms with E-state index in [1.807, 2.05) is 36.4 Å². The number of nitrogens with zero attached hydrogens (tertiary/aromatic N) is 4. The summed E-state index contributed by atoms with van der Waals surface area (Å²) in [7, 11) is 0. The number of pyridine rings is 2. The zero-order chi connectivity index (χ0) is 26.5. The standard InChI is InChI=1S/C31H32N6O/c1-30(2)19-36(25-15-7-5-11-21(25)30)27-23(13-9-17-32-27)34-29(38)35-24-14-10-18-33-28(24)37-20-31(3,4)22-12-6-8-16-26(22)37/h5-18H,19-20H2,1-4H3,(H2,34,35,38). The lowest BCUT2D eigenvalue weighted by Gasteiger charge is -2.25. The van der Waals surface area contributed by atoms with Crippen LogP contribution in [-0.2, 0) is 10.8 Å². The third-order valence-electron chi connectivity index (χ3n) is 7.54. The molecule has 4 aromatic rings. The van der Waals surface area contributed by atoms with Crippen molar-refractivity contribution in [2.24, 2.45) is 0 Å². The van der Waals surface area contributed by atoms with Crippen molar-refractivity contribution in [1.82, 2.24) is 9.97 Å². The maximum Gasteiger partial charge on any atom is 0.323 e. The SMILES string of the molecule is CC1(C)CN(c2ncccc2NC(=O)Nc2cccnc2N2CC(C)(C)c3ccccc32)c2ccccc21. The van der Waals surface area contributed by atoms with Crippen LogP contribution in [0.1, 0.15) is 38.8 Å². The van der Waals surface area contributed by atoms with Crippen LogP contribution in [-0.4, -0.2) is 29.1 Å². The van der Waals surface area contributed by atoms with Crippen LogP contribution in [0, 0.1) is 0 Å². The van der Waals surface area contributed by atoms with E-state index in [-0.39, 0.29) is 16.9 Å². The van der Waals surface area contributed by atoms with Crippen LogP contribution in [0.5, 0.6) is 0 Å². The number of hydrogen-bond donors (Lipinski definition) is 2. The largest absolute Gasteiger partial charge is 0.324 e. The van der Waals surface area contributed by atoms with Crippen LogP contribution < -0.4 is 20.4 Å². The van der Waals surface area contributed by atoms with E-state index < -0.39 is 0 Å². The van der Waals surface area contributed by atoms with Crippen LogP contribution in [0.4, 0.5) is 39.2 Å². The molecule has 2 aromatic carbocycles. The Morgan fingerprint density at radius 1 is 0.658 bits per heavy atom. The van der Waals surface area contributed by atoms with E-state index in [4.69, 9.17) is 0 Å². The number of carbonyl (C=O) groups is 1. The van der Waals surface area contributed by atoms with E-state index in [0.29, 0.717) is 11.4 Å². The highest BCUT2D eigenvalue weighted by Gasteiger charge is 2.38. The number of anilines is 6. The fourth-order valence-electron chi connectivity index (χ4n) is 5.77. The summed E-state index contributed by atoms with van der Waals surface area (Å²) < 4.78 is 0. The number of fused-ring (bicyclic) bond motifs is 2. The molecule has 2 aliphatic rings. The minimum Gasteiger partial charge on any atom is -0.324 e. The van der Waals surface area contributed by atoms with Gasteiger partial charge in [-0.05, 0) is 47.5 Å². The topological polar surface area (TPSA) is 73.4 Å². The number of para-hydroxylation sites is 2. The zero-order valence-electron chi connectivity index (χ0n) is 22.2. The van der Waals surface area contributed by atoms with E-state index >= 15 is 0 Å². The zero-order valence-corrected chi connectivity index (χ0v) is 22.2. The van der Waals surface area contributed by atoms with Gasteiger partial charge in [-0.15, -0.1) is 0 Å². The Bertz CT molecular complexity index is 1420. The number of amides is 2. The molecule has 0 fully saturated rings. The lowest BCUT2D eigenvalue weighted by atomic mass is 9.87. The molecule has 4 heterocycles. The molecule has 2 aliphatic heterocycles. The first kappa shape index (κ1) is 24.0. The average molecular weight is 505 g/mol. The fraction of sp³-hybridized carbons (Fsp3) is 0.258. The van der Waals surface area contributed by atoms with E-state index in [0.717, 1.165) is 36.1 Å². The number of hydrogen-bond acceptors (Lipinski definition) is 5. The fourth-order valence-corrected chi connectivity index (χ4v) is 5.77. The number of nitrogens with one attached hydrogen (secondary N) is 2. The highest BCUT2D eigenvalue weighted by Crippen LogP contribution is 2.46. The minimum atomic E-state index is -0.341. The maximum atomic E-state index is 13.3. The summed E-state index contributed by atoms with van der Waals surface area (Å²) in [5.41, 5.74) is 6.01. The molecule has 0 aliphatic carbocycles. The second-order valence-corrected chi connectivity index (χ2v) is 11.3. The molecular formula is C31H32N6O. The van der Waals surface area contributed by atoms with Gasteiger partial charge < -0.3 is 20.4 Å². The molecule has 0 saturated carbocycles. The molecule has 0 spiro atoms. The average Bonchev–Trinajstić information content (AvgIpc) is 3.34. The molecule has 38 heavy (non-hydrogen) atoms. The molecule has 192 valence electrons. The molecule has 2 amide bonds. The van der Waals surface area contributed by atoms with Gasteiger partial charge in [0.2, 0.25) is 0 Å². The molecule has 2 N–H and O–H groups in total. The Labute approximate surface area is 223 Å². The predicted molar refractivity (Wildman–Crippen MR) is 154 cm³/mol. The van der Waals surface area contributed by atoms with E-state index in [1.165, 1.54) is 11.1 Å². The van der Waals surface area contributed by atoms with Gasteiger partial charge in [-0.1, -0.05) is 64.1 Å². The van der Waals surface area contributed by atoms with Gasteiger partial charge >= 0.3 is 6.03 Å². The van der Waals surface area contributed by atoms with Crippen LogP contribution in [0.2, 0.25) is 0 Å². The van der Waals surface area contributed by atoms with E-state index in [9.17, 15) is 4.79 Å². The lowest BCUT2D eigenvalue weighted by molar-refractivity contribution is 0.262. The Hall–Kier alpha value is -4.39. The molecule has 0 bridgehead atoms. The van der Waals surface area contributed by atoms with Crippen LogP contribution in [0.15, 0.2) is 85.2 Å². The molecule has 0 saturated heterocycles. The van der Waals surface area contributed by atoms with Gasteiger partial charge in [-0.3, -0.25) is 0 Å². The summed E-state index contributed by atoms with van der Waals surface area (Å²) in [5.74, 6) is 1.45. The maximum absolute atomic E-state index is 13.3. The van der Waals surface area contributed by atoms with Gasteiger partial charge in [0.1, 0.15) is 0 Å². The summed E-state index contributed by atoms with van der Waals surface area (Å²) in [4.78, 5) is 27.1. The monoisotopic (exact) mass is 504 g/mol. The van der Waals surface area contributed by atoms with Crippen LogP contribution >= 0.6 is 0 Å². The summed E-state index contributed by atoms with van der Waals surface area (Å²) in [6.45, 7) is 10.5. The highest BCUT2D eigenvalue weighted by atomic mass is 16.2. The second kappa shape index (κ2) is 8.87. The van der Waals surface area contributed by atoms with Gasteiger partial charge in [0.15, 0.2) is 11.6 Å². The van der Waals surface area contributed by atoms with Crippen molar-refractivity contribution in [1.29, 1.82) is 0 Å². The number of urea groups is 1. The number of carbonyl (C=O) groups excluding carboxylic acids is 1. The Morgan fingerprint density at radius 2 is 1.08 bits per heavy atom. The molecule has 0 unspecified atom stereocenters. The van der Waals surface area contributed by atoms with Gasteiger partial charge in [0.05, 0.1) is 11.4 Å². The first-order valence-electron chi connectivity index (χ1n) is 13.0. The Balaban J connectivity index is 1.27. The van der Waals surface area contributed by atoms with Gasteiger partial charge in [-0.25, -0.2) is 14.8 Å². The highest BCUT2D eigenvalue weighted by molar-refractivity contribution is 6.03. The van der Waals surface area contributed by atoms with Crippen molar-refractivity contribution in [3.05, 3.63) is 96.3 Å². The molecule has 6 rings (SSSR count). The Morgan fingerprint density at radius 3 is 1.53 bits per heavy atom. The Kier molecular flexibility index (Phi) is 5.60. The summed E-state index contributed by atoms with van der Waals surface area (Å²) >= 11 is 0. The molecule has 7 nitrogen and oxygen atoms in total. The van der Waals surface area contributed by atoms with Gasteiger partial charge in [0, 0.05) is 47.7 Å². The van der Waals surface area contributed by atoms with E-state index in [1.54, 1.807) is 12.4 Å². The molecular weight excluding hydrogens is 472 g/mol. The summed E-state index contributed by atoms with van der Waals surface area (Å²) in [5, 5.41) is 6.09. The number of benzene rings is 2. The molecule has 7 heteroatoms. The minimum absolute atomic E-state index is 0.0297. The van der Waals surface area contributed by atoms with Crippen molar-refractivity contribution < 1.29 is 4.79 Å². The van der Waals surface area contributed by atoms with Gasteiger partial charge in [0.25, 0.3) is 0 Å². The first-order chi connectivity index (χ1) is 18.2. The number of rotatable bonds is 4. The number of aromatic nitrogens is 2. The normalized spacial score (nSPS) is 16.6. The quantitative estimate of drug-likeness (QED) is 0.314. The van der Waals surface area contributed by atoms with Crippen LogP contribution in [0.3, 0.4) is 0 Å². The van der Waals surface area contributed by atoms with Crippen molar-refractivity contribution in [2.75, 3.05) is 33.5 Å². The second-order valence-electron chi connectivity index (χ2n) is 11.3. The third kappa shape index (κ3) is 4.04.